The molecule has 0 spiro atoms. The van der Waals surface area contributed by atoms with E-state index in [1.165, 1.54) is 12.1 Å². The molecule has 1 aromatic rings. The van der Waals surface area contributed by atoms with E-state index >= 15 is 0 Å². The molecule has 0 aliphatic carbocycles. The Balaban J connectivity index is 2.51. The molecule has 1 unspecified atom stereocenters. The van der Waals surface area contributed by atoms with Crippen LogP contribution in [0.4, 0.5) is 17.6 Å². The van der Waals surface area contributed by atoms with Crippen molar-refractivity contribution in [1.82, 2.24) is 0 Å². The lowest BCUT2D eigenvalue weighted by Crippen LogP contribution is -2.06. The molecule has 0 radical (unpaired) electrons. The molecular weight excluding hydrogens is 276 g/mol. The molecule has 0 aromatic heterocycles. The Morgan fingerprint density at radius 1 is 1.18 bits per heavy atom. The van der Waals surface area contributed by atoms with Gasteiger partial charge in [0.25, 0.3) is 0 Å². The van der Waals surface area contributed by atoms with Crippen LogP contribution in [0.3, 0.4) is 0 Å². The summed E-state index contributed by atoms with van der Waals surface area (Å²) in [6.45, 7) is 0. The number of halogens is 5. The van der Waals surface area contributed by atoms with Crippen molar-refractivity contribution in [3.05, 3.63) is 35.6 Å². The summed E-state index contributed by atoms with van der Waals surface area (Å²) in [4.78, 5) is 0. The molecule has 0 aliphatic heterocycles. The third-order valence-corrected chi connectivity index (χ3v) is 3.40. The van der Waals surface area contributed by atoms with Crippen LogP contribution < -0.4 is 0 Å². The van der Waals surface area contributed by atoms with Crippen LogP contribution in [-0.4, -0.2) is 17.1 Å². The number of hydrogen-bond acceptors (Lipinski definition) is 1. The fraction of sp³-hybridized carbons (Fsp3) is 0.455. The first-order valence-corrected chi connectivity index (χ1v) is 6.46. The first-order chi connectivity index (χ1) is 7.92. The van der Waals surface area contributed by atoms with E-state index in [1.807, 2.05) is 0 Å². The van der Waals surface area contributed by atoms with Gasteiger partial charge in [0, 0.05) is 11.6 Å². The van der Waals surface area contributed by atoms with Crippen LogP contribution in [0.25, 0.3) is 0 Å². The van der Waals surface area contributed by atoms with Gasteiger partial charge in [-0.25, -0.2) is 4.39 Å². The van der Waals surface area contributed by atoms with E-state index < -0.39 is 5.51 Å². The Labute approximate surface area is 106 Å². The molecule has 17 heavy (non-hydrogen) atoms. The van der Waals surface area contributed by atoms with E-state index in [2.05, 4.69) is 0 Å². The molecule has 0 bridgehead atoms. The van der Waals surface area contributed by atoms with Gasteiger partial charge >= 0.3 is 5.51 Å². The highest BCUT2D eigenvalue weighted by Gasteiger charge is 2.28. The van der Waals surface area contributed by atoms with Crippen LogP contribution in [-0.2, 0) is 0 Å². The van der Waals surface area contributed by atoms with Gasteiger partial charge in [-0.15, -0.1) is 11.6 Å². The molecule has 0 fully saturated rings. The standard InChI is InChI=1S/C11H11ClF4S/c12-7-9(5-6-17-11(14,15)16)8-1-3-10(13)4-2-8/h1-4,9H,5-7H2. The molecule has 96 valence electrons. The average Bonchev–Trinajstić information content (AvgIpc) is 2.24. The zero-order valence-electron chi connectivity index (χ0n) is 8.81. The highest BCUT2D eigenvalue weighted by Crippen LogP contribution is 2.33. The molecule has 1 aromatic carbocycles. The summed E-state index contributed by atoms with van der Waals surface area (Å²) < 4.78 is 48.5. The number of thioether (sulfide) groups is 1. The van der Waals surface area contributed by atoms with Crippen molar-refractivity contribution in [2.75, 3.05) is 11.6 Å². The zero-order chi connectivity index (χ0) is 12.9. The van der Waals surface area contributed by atoms with E-state index in [4.69, 9.17) is 11.6 Å². The maximum Gasteiger partial charge on any atom is 0.441 e. The summed E-state index contributed by atoms with van der Waals surface area (Å²) in [6.07, 6.45) is 0.319. The summed E-state index contributed by atoms with van der Waals surface area (Å²) >= 11 is 5.65. The largest absolute Gasteiger partial charge is 0.441 e. The van der Waals surface area contributed by atoms with Gasteiger partial charge in [-0.2, -0.15) is 13.2 Å². The van der Waals surface area contributed by atoms with Crippen molar-refractivity contribution in [1.29, 1.82) is 0 Å². The summed E-state index contributed by atoms with van der Waals surface area (Å²) in [5, 5.41) is 0. The monoisotopic (exact) mass is 286 g/mol. The second-order valence-corrected chi connectivity index (χ2v) is 4.95. The average molecular weight is 287 g/mol. The minimum atomic E-state index is -4.21. The van der Waals surface area contributed by atoms with Crippen LogP contribution >= 0.6 is 23.4 Å². The van der Waals surface area contributed by atoms with Crippen LogP contribution in [0, 0.1) is 5.82 Å². The third-order valence-electron chi connectivity index (χ3n) is 2.26. The number of hydrogen-bond donors (Lipinski definition) is 0. The molecule has 0 aliphatic rings. The highest BCUT2D eigenvalue weighted by atomic mass is 35.5. The van der Waals surface area contributed by atoms with Crippen LogP contribution in [0.5, 0.6) is 0 Å². The predicted octanol–water partition coefficient (Wildman–Crippen LogP) is 4.79. The molecule has 0 saturated heterocycles. The molecule has 1 rings (SSSR count). The minimum absolute atomic E-state index is 0.0434. The van der Waals surface area contributed by atoms with E-state index in [-0.39, 0.29) is 35.1 Å². The van der Waals surface area contributed by atoms with Crippen molar-refractivity contribution in [2.24, 2.45) is 0 Å². The Kier molecular flexibility index (Phi) is 5.59. The lowest BCUT2D eigenvalue weighted by molar-refractivity contribution is -0.0328. The van der Waals surface area contributed by atoms with E-state index in [9.17, 15) is 17.6 Å². The van der Waals surface area contributed by atoms with Crippen molar-refractivity contribution < 1.29 is 17.6 Å². The molecule has 0 saturated carbocycles. The molecule has 6 heteroatoms. The molecule has 0 heterocycles. The first-order valence-electron chi connectivity index (χ1n) is 4.94. The quantitative estimate of drug-likeness (QED) is 0.554. The fourth-order valence-corrected chi connectivity index (χ4v) is 2.35. The van der Waals surface area contributed by atoms with E-state index in [1.54, 1.807) is 12.1 Å². The van der Waals surface area contributed by atoms with Gasteiger partial charge in [-0.3, -0.25) is 0 Å². The van der Waals surface area contributed by atoms with Gasteiger partial charge in [-0.05, 0) is 30.0 Å². The topological polar surface area (TPSA) is 0 Å². The predicted molar refractivity (Wildman–Crippen MR) is 63.0 cm³/mol. The van der Waals surface area contributed by atoms with Crippen molar-refractivity contribution >= 4 is 23.4 Å². The van der Waals surface area contributed by atoms with Crippen LogP contribution in [0.15, 0.2) is 24.3 Å². The lowest BCUT2D eigenvalue weighted by atomic mass is 9.99. The normalized spacial score (nSPS) is 13.7. The molecule has 0 N–H and O–H groups in total. The summed E-state index contributed by atoms with van der Waals surface area (Å²) in [5.41, 5.74) is -3.44. The van der Waals surface area contributed by atoms with Gasteiger partial charge in [-0.1, -0.05) is 23.9 Å². The molecule has 1 atom stereocenters. The molecular formula is C11H11ClF4S. The maximum absolute atomic E-state index is 12.7. The van der Waals surface area contributed by atoms with Gasteiger partial charge in [0.15, 0.2) is 0 Å². The second kappa shape index (κ2) is 6.50. The molecule has 0 amide bonds. The first kappa shape index (κ1) is 14.6. The fourth-order valence-electron chi connectivity index (χ4n) is 1.38. The smallest absolute Gasteiger partial charge is 0.207 e. The SMILES string of the molecule is Fc1ccc(C(CCl)CCSC(F)(F)F)cc1. The van der Waals surface area contributed by atoms with Crippen LogP contribution in [0.1, 0.15) is 17.9 Å². The second-order valence-electron chi connectivity index (χ2n) is 3.49. The third kappa shape index (κ3) is 5.64. The minimum Gasteiger partial charge on any atom is -0.207 e. The van der Waals surface area contributed by atoms with E-state index in [0.717, 1.165) is 5.56 Å². The van der Waals surface area contributed by atoms with Crippen LogP contribution in [0.2, 0.25) is 0 Å². The van der Waals surface area contributed by atoms with Crippen molar-refractivity contribution in [3.63, 3.8) is 0 Å². The summed E-state index contributed by atoms with van der Waals surface area (Å²) in [7, 11) is 0. The highest BCUT2D eigenvalue weighted by molar-refractivity contribution is 8.00. The Morgan fingerprint density at radius 3 is 2.24 bits per heavy atom. The zero-order valence-corrected chi connectivity index (χ0v) is 10.4. The van der Waals surface area contributed by atoms with Gasteiger partial charge in [0.2, 0.25) is 0 Å². The summed E-state index contributed by atoms with van der Waals surface area (Å²) in [5.74, 6) is -0.360. The number of rotatable bonds is 5. The van der Waals surface area contributed by atoms with Crippen molar-refractivity contribution in [3.8, 4) is 0 Å². The summed E-state index contributed by atoms with van der Waals surface area (Å²) in [6, 6.07) is 5.68. The van der Waals surface area contributed by atoms with Crippen molar-refractivity contribution in [2.45, 2.75) is 17.8 Å². The Hall–Kier alpha value is -0.420. The Bertz CT molecular complexity index is 336. The maximum atomic E-state index is 12.7. The van der Waals surface area contributed by atoms with E-state index in [0.29, 0.717) is 6.42 Å². The Morgan fingerprint density at radius 2 is 1.76 bits per heavy atom. The number of benzene rings is 1. The van der Waals surface area contributed by atoms with Gasteiger partial charge < -0.3 is 0 Å². The van der Waals surface area contributed by atoms with Gasteiger partial charge in [0.1, 0.15) is 5.82 Å². The number of alkyl halides is 4. The molecule has 0 nitrogen and oxygen atoms in total. The lowest BCUT2D eigenvalue weighted by Gasteiger charge is -2.14. The van der Waals surface area contributed by atoms with Gasteiger partial charge in [0.05, 0.1) is 0 Å².